The predicted molar refractivity (Wildman–Crippen MR) is 86.3 cm³/mol. The molecule has 0 unspecified atom stereocenters. The first kappa shape index (κ1) is 15.2. The first-order valence-corrected chi connectivity index (χ1v) is 8.43. The summed E-state index contributed by atoms with van der Waals surface area (Å²) in [7, 11) is 1.20. The minimum atomic E-state index is -0.515. The molecule has 0 amide bonds. The summed E-state index contributed by atoms with van der Waals surface area (Å²) in [5.74, 6) is 0.684. The number of nitrogens with one attached hydrogen (secondary N) is 1. The van der Waals surface area contributed by atoms with E-state index >= 15 is 0 Å². The Morgan fingerprint density at radius 3 is 2.70 bits per heavy atom. The van der Waals surface area contributed by atoms with Gasteiger partial charge >= 0.3 is 5.97 Å². The SMILES string of the molecule is COC(=O)[C@@H](NCC[SH]1C=CC=C1)c1ccccc1Cl. The number of hydrogen-bond acceptors (Lipinski definition) is 3. The Hall–Kier alpha value is -1.23. The average Bonchev–Trinajstić information content (AvgIpc) is 2.97. The van der Waals surface area contributed by atoms with Gasteiger partial charge in [-0.2, -0.15) is 0 Å². The zero-order valence-electron chi connectivity index (χ0n) is 11.3. The summed E-state index contributed by atoms with van der Waals surface area (Å²) >= 11 is 6.16. The van der Waals surface area contributed by atoms with Crippen molar-refractivity contribution in [3.05, 3.63) is 57.8 Å². The standard InChI is InChI=1S/C15H18ClNO2S/c1-19-15(18)14(12-6-2-3-7-13(12)16)17-8-11-20-9-4-5-10-20/h2-7,9-10,14,17,20H,8,11H2,1H3/t14-/m0/s1. The summed E-state index contributed by atoms with van der Waals surface area (Å²) in [6.45, 7) is 0.741. The minimum Gasteiger partial charge on any atom is -0.468 e. The molecule has 0 aliphatic carbocycles. The highest BCUT2D eigenvalue weighted by atomic mass is 35.5. The number of hydrogen-bond donors (Lipinski definition) is 2. The van der Waals surface area contributed by atoms with Crippen LogP contribution in [0.2, 0.25) is 5.02 Å². The van der Waals surface area contributed by atoms with Gasteiger partial charge in [0.1, 0.15) is 6.04 Å². The summed E-state index contributed by atoms with van der Waals surface area (Å²) in [4.78, 5) is 11.9. The van der Waals surface area contributed by atoms with Crippen molar-refractivity contribution in [2.45, 2.75) is 6.04 Å². The summed E-state index contributed by atoms with van der Waals surface area (Å²) in [6, 6.07) is 6.82. The number of allylic oxidation sites excluding steroid dienone is 2. The summed E-state index contributed by atoms with van der Waals surface area (Å²) in [6.07, 6.45) is 4.13. The molecule has 1 aromatic rings. The lowest BCUT2D eigenvalue weighted by Gasteiger charge is -2.19. The topological polar surface area (TPSA) is 38.3 Å². The highest BCUT2D eigenvalue weighted by Gasteiger charge is 2.22. The van der Waals surface area contributed by atoms with E-state index in [1.807, 2.05) is 18.2 Å². The molecule has 0 saturated carbocycles. The molecule has 1 atom stereocenters. The highest BCUT2D eigenvalue weighted by molar-refractivity contribution is 8.22. The molecule has 2 rings (SSSR count). The van der Waals surface area contributed by atoms with Gasteiger partial charge in [-0.05, 0) is 28.2 Å². The van der Waals surface area contributed by atoms with Crippen molar-refractivity contribution in [1.29, 1.82) is 0 Å². The zero-order chi connectivity index (χ0) is 14.4. The number of thiol groups is 1. The largest absolute Gasteiger partial charge is 0.468 e. The summed E-state index contributed by atoms with van der Waals surface area (Å²) < 4.78 is 4.86. The molecule has 5 heteroatoms. The predicted octanol–water partition coefficient (Wildman–Crippen LogP) is 3.19. The number of esters is 1. The second-order valence-electron chi connectivity index (χ2n) is 4.35. The highest BCUT2D eigenvalue weighted by Crippen LogP contribution is 2.32. The Labute approximate surface area is 127 Å². The van der Waals surface area contributed by atoms with E-state index in [1.54, 1.807) is 6.07 Å². The number of carbonyl (C=O) groups is 1. The fraction of sp³-hybridized carbons (Fsp3) is 0.267. The molecule has 0 aromatic heterocycles. The van der Waals surface area contributed by atoms with E-state index in [0.717, 1.165) is 17.9 Å². The molecular weight excluding hydrogens is 294 g/mol. The molecule has 0 spiro atoms. The molecule has 3 nitrogen and oxygen atoms in total. The average molecular weight is 312 g/mol. The van der Waals surface area contributed by atoms with Crippen LogP contribution in [0.5, 0.6) is 0 Å². The van der Waals surface area contributed by atoms with E-state index in [0.29, 0.717) is 5.02 Å². The van der Waals surface area contributed by atoms with Gasteiger partial charge in [-0.25, -0.2) is 15.7 Å². The fourth-order valence-electron chi connectivity index (χ4n) is 2.00. The number of methoxy groups -OCH3 is 1. The van der Waals surface area contributed by atoms with Crippen LogP contribution in [0.1, 0.15) is 11.6 Å². The van der Waals surface area contributed by atoms with Gasteiger partial charge in [0.05, 0.1) is 7.11 Å². The number of ether oxygens (including phenoxy) is 1. The third-order valence-electron chi connectivity index (χ3n) is 3.04. The van der Waals surface area contributed by atoms with E-state index in [4.69, 9.17) is 16.3 Å². The Balaban J connectivity index is 2.00. The van der Waals surface area contributed by atoms with E-state index in [1.165, 1.54) is 7.11 Å². The molecule has 1 aromatic carbocycles. The van der Waals surface area contributed by atoms with Crippen molar-refractivity contribution in [3.63, 3.8) is 0 Å². The van der Waals surface area contributed by atoms with E-state index in [9.17, 15) is 4.79 Å². The van der Waals surface area contributed by atoms with Crippen LogP contribution >= 0.6 is 22.5 Å². The first-order chi connectivity index (χ1) is 9.72. The van der Waals surface area contributed by atoms with Gasteiger partial charge in [0.2, 0.25) is 0 Å². The third kappa shape index (κ3) is 3.88. The van der Waals surface area contributed by atoms with Gasteiger partial charge in [-0.1, -0.05) is 42.0 Å². The van der Waals surface area contributed by atoms with Crippen LogP contribution in [0, 0.1) is 0 Å². The molecule has 0 fully saturated rings. The molecule has 0 radical (unpaired) electrons. The molecule has 20 heavy (non-hydrogen) atoms. The maximum Gasteiger partial charge on any atom is 0.327 e. The third-order valence-corrected chi connectivity index (χ3v) is 5.23. The van der Waals surface area contributed by atoms with Crippen LogP contribution in [0.25, 0.3) is 0 Å². The lowest BCUT2D eigenvalue weighted by Crippen LogP contribution is -2.31. The van der Waals surface area contributed by atoms with Crippen molar-refractivity contribution >= 4 is 28.5 Å². The Morgan fingerprint density at radius 2 is 2.05 bits per heavy atom. The Bertz CT molecular complexity index is 518. The number of halogens is 1. The van der Waals surface area contributed by atoms with Crippen LogP contribution in [0.4, 0.5) is 0 Å². The van der Waals surface area contributed by atoms with E-state index in [-0.39, 0.29) is 16.9 Å². The molecule has 1 aliphatic rings. The Kier molecular flexibility index (Phi) is 5.71. The van der Waals surface area contributed by atoms with Crippen molar-refractivity contribution in [3.8, 4) is 0 Å². The summed E-state index contributed by atoms with van der Waals surface area (Å²) in [5.41, 5.74) is 0.756. The first-order valence-electron chi connectivity index (χ1n) is 6.39. The second kappa shape index (κ2) is 7.53. The van der Waals surface area contributed by atoms with Crippen molar-refractivity contribution in [1.82, 2.24) is 5.32 Å². The van der Waals surface area contributed by atoms with Crippen molar-refractivity contribution in [2.75, 3.05) is 19.4 Å². The van der Waals surface area contributed by atoms with Gasteiger partial charge in [0, 0.05) is 11.6 Å². The molecule has 0 bridgehead atoms. The van der Waals surface area contributed by atoms with E-state index < -0.39 is 6.04 Å². The maximum absolute atomic E-state index is 11.9. The van der Waals surface area contributed by atoms with Crippen molar-refractivity contribution < 1.29 is 9.53 Å². The van der Waals surface area contributed by atoms with Gasteiger partial charge in [-0.3, -0.25) is 5.32 Å². The normalized spacial score (nSPS) is 16.4. The maximum atomic E-state index is 11.9. The molecule has 1 N–H and O–H groups in total. The fourth-order valence-corrected chi connectivity index (χ4v) is 3.68. The quantitative estimate of drug-likeness (QED) is 0.626. The number of rotatable bonds is 6. The van der Waals surface area contributed by atoms with Gasteiger partial charge in [0.15, 0.2) is 0 Å². The second-order valence-corrected chi connectivity index (χ2v) is 6.83. The van der Waals surface area contributed by atoms with Gasteiger partial charge in [-0.15, -0.1) is 0 Å². The summed E-state index contributed by atoms with van der Waals surface area (Å²) in [5, 5.41) is 8.23. The van der Waals surface area contributed by atoms with Crippen LogP contribution in [-0.4, -0.2) is 25.4 Å². The monoisotopic (exact) mass is 311 g/mol. The van der Waals surface area contributed by atoms with Crippen LogP contribution in [0.15, 0.2) is 47.2 Å². The Morgan fingerprint density at radius 1 is 1.35 bits per heavy atom. The van der Waals surface area contributed by atoms with Crippen LogP contribution < -0.4 is 5.32 Å². The molecule has 1 heterocycles. The van der Waals surface area contributed by atoms with Crippen LogP contribution in [0.3, 0.4) is 0 Å². The van der Waals surface area contributed by atoms with Crippen LogP contribution in [-0.2, 0) is 9.53 Å². The number of benzene rings is 1. The van der Waals surface area contributed by atoms with Crippen molar-refractivity contribution in [2.24, 2.45) is 0 Å². The molecule has 108 valence electrons. The minimum absolute atomic E-state index is 0.185. The number of carbonyl (C=O) groups excluding carboxylic acids is 1. The molecular formula is C15H18ClNO2S. The lowest BCUT2D eigenvalue weighted by molar-refractivity contribution is -0.143. The van der Waals surface area contributed by atoms with Gasteiger partial charge in [0.25, 0.3) is 0 Å². The molecule has 0 saturated heterocycles. The smallest absolute Gasteiger partial charge is 0.327 e. The molecule has 1 aliphatic heterocycles. The van der Waals surface area contributed by atoms with Gasteiger partial charge < -0.3 is 4.74 Å². The zero-order valence-corrected chi connectivity index (χ0v) is 12.9. The van der Waals surface area contributed by atoms with E-state index in [2.05, 4.69) is 28.3 Å². The lowest BCUT2D eigenvalue weighted by atomic mass is 10.1.